The van der Waals surface area contributed by atoms with Gasteiger partial charge in [-0.1, -0.05) is 54.6 Å². The number of carbonyl (C=O) groups excluding carboxylic acids is 1. The summed E-state index contributed by atoms with van der Waals surface area (Å²) in [7, 11) is 1.67. The van der Waals surface area contributed by atoms with E-state index in [2.05, 4.69) is 5.32 Å². The maximum Gasteiger partial charge on any atom is 0.244 e. The first-order valence-electron chi connectivity index (χ1n) is 7.23. The van der Waals surface area contributed by atoms with Crippen LogP contribution in [0.1, 0.15) is 23.6 Å². The molecule has 0 heterocycles. The number of methoxy groups -OCH3 is 1. The van der Waals surface area contributed by atoms with Gasteiger partial charge in [-0.15, -0.1) is 0 Å². The van der Waals surface area contributed by atoms with E-state index in [1.807, 2.05) is 54.6 Å². The molecule has 3 N–H and O–H groups in total. The second kappa shape index (κ2) is 7.20. The van der Waals surface area contributed by atoms with Gasteiger partial charge in [-0.2, -0.15) is 0 Å². The van der Waals surface area contributed by atoms with Crippen molar-refractivity contribution in [2.24, 2.45) is 5.73 Å². The second-order valence-corrected chi connectivity index (χ2v) is 5.50. The molecule has 2 aromatic carbocycles. The minimum Gasteiger partial charge on any atom is -0.380 e. The van der Waals surface area contributed by atoms with Gasteiger partial charge in [0.15, 0.2) is 0 Å². The molecule has 0 aliphatic rings. The van der Waals surface area contributed by atoms with Crippen LogP contribution in [0.2, 0.25) is 0 Å². The van der Waals surface area contributed by atoms with Crippen molar-refractivity contribution < 1.29 is 9.53 Å². The second-order valence-electron chi connectivity index (χ2n) is 5.50. The lowest BCUT2D eigenvalue weighted by molar-refractivity contribution is -0.126. The molecule has 0 saturated heterocycles. The Morgan fingerprint density at radius 3 is 2.27 bits per heavy atom. The van der Waals surface area contributed by atoms with Crippen LogP contribution in [0, 0.1) is 0 Å². The monoisotopic (exact) mass is 298 g/mol. The summed E-state index contributed by atoms with van der Waals surface area (Å²) in [4.78, 5) is 12.4. The smallest absolute Gasteiger partial charge is 0.244 e. The fraction of sp³-hybridized carbons (Fsp3) is 0.278. The fourth-order valence-electron chi connectivity index (χ4n) is 2.20. The lowest BCUT2D eigenvalue weighted by Crippen LogP contribution is -2.48. The van der Waals surface area contributed by atoms with Gasteiger partial charge < -0.3 is 15.8 Å². The van der Waals surface area contributed by atoms with Gasteiger partial charge in [-0.3, -0.25) is 4.79 Å². The van der Waals surface area contributed by atoms with Crippen LogP contribution in [0.15, 0.2) is 54.6 Å². The summed E-state index contributed by atoms with van der Waals surface area (Å²) in [5.74, 6) is -0.195. The predicted molar refractivity (Wildman–Crippen MR) is 87.0 cm³/mol. The zero-order valence-corrected chi connectivity index (χ0v) is 13.0. The molecule has 4 nitrogen and oxygen atoms in total. The zero-order chi connectivity index (χ0) is 16.0. The van der Waals surface area contributed by atoms with E-state index in [0.29, 0.717) is 13.2 Å². The molecule has 0 aliphatic carbocycles. The molecule has 0 saturated carbocycles. The van der Waals surface area contributed by atoms with Crippen LogP contribution in [-0.4, -0.2) is 13.0 Å². The number of ether oxygens (including phenoxy) is 1. The third-order valence-corrected chi connectivity index (χ3v) is 3.63. The van der Waals surface area contributed by atoms with Crippen molar-refractivity contribution in [1.29, 1.82) is 0 Å². The van der Waals surface area contributed by atoms with E-state index in [1.54, 1.807) is 14.0 Å². The third kappa shape index (κ3) is 3.93. The predicted octanol–water partition coefficient (Wildman–Crippen LogP) is 2.32. The van der Waals surface area contributed by atoms with Crippen LogP contribution in [-0.2, 0) is 28.2 Å². The van der Waals surface area contributed by atoms with Crippen molar-refractivity contribution in [1.82, 2.24) is 5.32 Å². The normalized spacial score (nSPS) is 13.4. The van der Waals surface area contributed by atoms with E-state index in [4.69, 9.17) is 10.5 Å². The van der Waals surface area contributed by atoms with E-state index in [1.165, 1.54) is 0 Å². The molecule has 0 radical (unpaired) electrons. The van der Waals surface area contributed by atoms with Crippen LogP contribution in [0.5, 0.6) is 0 Å². The summed E-state index contributed by atoms with van der Waals surface area (Å²) in [6.07, 6.45) is 0. The molecule has 0 aromatic heterocycles. The van der Waals surface area contributed by atoms with Gasteiger partial charge in [-0.05, 0) is 23.6 Å². The quantitative estimate of drug-likeness (QED) is 0.860. The van der Waals surface area contributed by atoms with Crippen LogP contribution < -0.4 is 11.1 Å². The average Bonchev–Trinajstić information content (AvgIpc) is 2.55. The molecule has 2 rings (SSSR count). The lowest BCUT2D eigenvalue weighted by Gasteiger charge is -2.24. The van der Waals surface area contributed by atoms with Crippen LogP contribution in [0.25, 0.3) is 0 Å². The number of hydrogen-bond acceptors (Lipinski definition) is 3. The third-order valence-electron chi connectivity index (χ3n) is 3.63. The van der Waals surface area contributed by atoms with Crippen molar-refractivity contribution >= 4 is 5.91 Å². The van der Waals surface area contributed by atoms with E-state index in [0.717, 1.165) is 16.7 Å². The standard InChI is InChI=1S/C18H22N2O2/c1-18(19,16-6-4-3-5-7-16)17(21)20-12-14-8-10-15(11-9-14)13-22-2/h3-11H,12-13,19H2,1-2H3,(H,20,21). The molecular weight excluding hydrogens is 276 g/mol. The molecule has 0 aliphatic heterocycles. The molecule has 0 fully saturated rings. The number of nitrogens with two attached hydrogens (primary N) is 1. The minimum absolute atomic E-state index is 0.195. The van der Waals surface area contributed by atoms with Crippen molar-refractivity contribution in [3.8, 4) is 0 Å². The van der Waals surface area contributed by atoms with Crippen molar-refractivity contribution in [3.05, 3.63) is 71.3 Å². The molecular formula is C18H22N2O2. The number of hydrogen-bond donors (Lipinski definition) is 2. The fourth-order valence-corrected chi connectivity index (χ4v) is 2.20. The molecule has 0 spiro atoms. The molecule has 2 aromatic rings. The maximum absolute atomic E-state index is 12.4. The molecule has 1 unspecified atom stereocenters. The highest BCUT2D eigenvalue weighted by atomic mass is 16.5. The van der Waals surface area contributed by atoms with Crippen molar-refractivity contribution in [3.63, 3.8) is 0 Å². The Labute approximate surface area is 131 Å². The minimum atomic E-state index is -1.04. The van der Waals surface area contributed by atoms with E-state index in [9.17, 15) is 4.79 Å². The van der Waals surface area contributed by atoms with Crippen LogP contribution in [0.3, 0.4) is 0 Å². The summed E-state index contributed by atoms with van der Waals surface area (Å²) < 4.78 is 5.07. The molecule has 116 valence electrons. The molecule has 1 atom stereocenters. The Morgan fingerprint density at radius 2 is 1.68 bits per heavy atom. The number of amides is 1. The summed E-state index contributed by atoms with van der Waals surface area (Å²) in [6.45, 7) is 2.76. The van der Waals surface area contributed by atoms with Crippen molar-refractivity contribution in [2.75, 3.05) is 7.11 Å². The van der Waals surface area contributed by atoms with Gasteiger partial charge >= 0.3 is 0 Å². The topological polar surface area (TPSA) is 64.3 Å². The highest BCUT2D eigenvalue weighted by Crippen LogP contribution is 2.17. The Morgan fingerprint density at radius 1 is 1.09 bits per heavy atom. The van der Waals surface area contributed by atoms with Gasteiger partial charge in [0.25, 0.3) is 0 Å². The summed E-state index contributed by atoms with van der Waals surface area (Å²) in [5, 5.41) is 2.89. The zero-order valence-electron chi connectivity index (χ0n) is 13.0. The Balaban J connectivity index is 1.97. The van der Waals surface area contributed by atoms with Crippen LogP contribution >= 0.6 is 0 Å². The van der Waals surface area contributed by atoms with Gasteiger partial charge in [-0.25, -0.2) is 0 Å². The van der Waals surface area contributed by atoms with Gasteiger partial charge in [0.1, 0.15) is 5.54 Å². The highest BCUT2D eigenvalue weighted by Gasteiger charge is 2.29. The van der Waals surface area contributed by atoms with Gasteiger partial charge in [0.2, 0.25) is 5.91 Å². The maximum atomic E-state index is 12.4. The summed E-state index contributed by atoms with van der Waals surface area (Å²) in [6, 6.07) is 17.3. The average molecular weight is 298 g/mol. The Hall–Kier alpha value is -2.17. The van der Waals surface area contributed by atoms with Crippen molar-refractivity contribution in [2.45, 2.75) is 25.6 Å². The number of carbonyl (C=O) groups is 1. The molecule has 4 heteroatoms. The highest BCUT2D eigenvalue weighted by molar-refractivity contribution is 5.86. The number of rotatable bonds is 6. The number of benzene rings is 2. The molecule has 0 bridgehead atoms. The van der Waals surface area contributed by atoms with E-state index >= 15 is 0 Å². The largest absolute Gasteiger partial charge is 0.380 e. The summed E-state index contributed by atoms with van der Waals surface area (Å²) >= 11 is 0. The molecule has 1 amide bonds. The molecule has 22 heavy (non-hydrogen) atoms. The first-order valence-corrected chi connectivity index (χ1v) is 7.23. The van der Waals surface area contributed by atoms with E-state index < -0.39 is 5.54 Å². The SMILES string of the molecule is COCc1ccc(CNC(=O)C(C)(N)c2ccccc2)cc1. The van der Waals surface area contributed by atoms with E-state index in [-0.39, 0.29) is 5.91 Å². The summed E-state index contributed by atoms with van der Waals surface area (Å²) in [5.41, 5.74) is 8.06. The van der Waals surface area contributed by atoms with Gasteiger partial charge in [0, 0.05) is 13.7 Å². The Bertz CT molecular complexity index is 607. The first kappa shape index (κ1) is 16.2. The Kier molecular flexibility index (Phi) is 5.31. The van der Waals surface area contributed by atoms with Crippen LogP contribution in [0.4, 0.5) is 0 Å². The first-order chi connectivity index (χ1) is 10.5. The number of nitrogens with one attached hydrogen (secondary N) is 1. The van der Waals surface area contributed by atoms with Gasteiger partial charge in [0.05, 0.1) is 6.61 Å². The lowest BCUT2D eigenvalue weighted by atomic mass is 9.92.